The van der Waals surface area contributed by atoms with Crippen LogP contribution in [0.25, 0.3) is 11.2 Å². The summed E-state index contributed by atoms with van der Waals surface area (Å²) in [7, 11) is -10.5. The second kappa shape index (κ2) is 8.17. The largest absolute Gasteiger partial charge is 0.481 e. The predicted octanol–water partition coefficient (Wildman–Crippen LogP) is -1.02. The van der Waals surface area contributed by atoms with Crippen LogP contribution in [-0.4, -0.2) is 75.6 Å². The number of phosphoric ester groups is 1. The minimum atomic E-state index is -5.30. The van der Waals surface area contributed by atoms with Gasteiger partial charge in [-0.1, -0.05) is 11.8 Å². The number of fused-ring (bicyclic) bond motifs is 1. The zero-order chi connectivity index (χ0) is 21.6. The number of nitrogens with two attached hydrogens (primary N) is 1. The van der Waals surface area contributed by atoms with Gasteiger partial charge in [0.05, 0.1) is 6.61 Å². The fourth-order valence-electron chi connectivity index (χ4n) is 2.69. The van der Waals surface area contributed by atoms with Gasteiger partial charge in [0.1, 0.15) is 24.6 Å². The van der Waals surface area contributed by atoms with Crippen LogP contribution in [-0.2, 0) is 22.7 Å². The van der Waals surface area contributed by atoms with E-state index in [1.54, 1.807) is 6.26 Å². The summed E-state index contributed by atoms with van der Waals surface area (Å²) in [6, 6.07) is 0. The van der Waals surface area contributed by atoms with Gasteiger partial charge in [-0.25, -0.2) is 24.1 Å². The van der Waals surface area contributed by atoms with E-state index >= 15 is 0 Å². The topological polar surface area (TPSA) is 233 Å². The standard InChI is InChI=1S/C11H17N5O10P2S/c1-29-11-15-5-8(12)13-3-14-9(5)16(11)10-7(18)6(17)4(25-10)2-24-28(22,23)26-27(19,20)21/h3-4,6-7,10,17-18H,2H2,1H3,(H,22,23)(H2,12,13,14)(H2,19,20,21)/t4-,6-,7-,10?/m1/s1. The molecule has 0 saturated carbocycles. The zero-order valence-electron chi connectivity index (χ0n) is 14.5. The monoisotopic (exact) mass is 473 g/mol. The van der Waals surface area contributed by atoms with Crippen LogP contribution in [0.3, 0.4) is 0 Å². The molecule has 29 heavy (non-hydrogen) atoms. The highest BCUT2D eigenvalue weighted by molar-refractivity contribution is 7.98. The molecule has 0 bridgehead atoms. The van der Waals surface area contributed by atoms with Crippen LogP contribution >= 0.6 is 27.4 Å². The number of phosphoric acid groups is 2. The average molecular weight is 473 g/mol. The summed E-state index contributed by atoms with van der Waals surface area (Å²) in [4.78, 5) is 38.7. The summed E-state index contributed by atoms with van der Waals surface area (Å²) in [6.45, 7) is -0.819. The number of nitrogens with zero attached hydrogens (tertiary/aromatic N) is 4. The number of rotatable bonds is 7. The molecule has 3 rings (SSSR count). The summed E-state index contributed by atoms with van der Waals surface area (Å²) >= 11 is 1.18. The first-order chi connectivity index (χ1) is 13.4. The molecule has 1 aliphatic rings. The molecule has 1 saturated heterocycles. The molecule has 18 heteroatoms. The van der Waals surface area contributed by atoms with E-state index in [0.29, 0.717) is 5.16 Å². The third kappa shape index (κ3) is 4.78. The molecule has 1 aliphatic heterocycles. The van der Waals surface area contributed by atoms with E-state index < -0.39 is 46.8 Å². The van der Waals surface area contributed by atoms with Crippen molar-refractivity contribution in [3.05, 3.63) is 6.33 Å². The first kappa shape index (κ1) is 22.5. The van der Waals surface area contributed by atoms with E-state index in [1.165, 1.54) is 22.7 Å². The van der Waals surface area contributed by atoms with Crippen molar-refractivity contribution in [2.45, 2.75) is 29.7 Å². The maximum absolute atomic E-state index is 11.6. The minimum absolute atomic E-state index is 0.0905. The Hall–Kier alpha value is -1.16. The van der Waals surface area contributed by atoms with Gasteiger partial charge in [0.25, 0.3) is 0 Å². The van der Waals surface area contributed by atoms with Gasteiger partial charge in [0.2, 0.25) is 0 Å². The Morgan fingerprint density at radius 3 is 2.59 bits per heavy atom. The van der Waals surface area contributed by atoms with Crippen molar-refractivity contribution < 1.29 is 47.6 Å². The lowest BCUT2D eigenvalue weighted by Crippen LogP contribution is -2.33. The van der Waals surface area contributed by atoms with Crippen molar-refractivity contribution in [3.63, 3.8) is 0 Å². The van der Waals surface area contributed by atoms with Gasteiger partial charge in [-0.2, -0.15) is 4.31 Å². The second-order valence-corrected chi connectivity index (χ2v) is 9.39. The van der Waals surface area contributed by atoms with Crippen molar-refractivity contribution in [2.75, 3.05) is 18.6 Å². The summed E-state index contributed by atoms with van der Waals surface area (Å²) in [5.74, 6) is 0.0905. The molecular weight excluding hydrogens is 456 g/mol. The number of nitrogen functional groups attached to an aromatic ring is 1. The van der Waals surface area contributed by atoms with Gasteiger partial charge in [0, 0.05) is 0 Å². The number of thioether (sulfide) groups is 1. The number of aromatic nitrogens is 4. The van der Waals surface area contributed by atoms with Crippen LogP contribution in [0.2, 0.25) is 0 Å². The SMILES string of the molecule is CSc1nc2c(N)ncnc2n1C1O[C@H](COP(=O)(O)OP(=O)(O)O)[C@@H](O)[C@H]1O. The van der Waals surface area contributed by atoms with Crippen molar-refractivity contribution in [1.29, 1.82) is 0 Å². The highest BCUT2D eigenvalue weighted by Crippen LogP contribution is 2.57. The van der Waals surface area contributed by atoms with E-state index in [0.717, 1.165) is 0 Å². The molecule has 3 heterocycles. The Morgan fingerprint density at radius 1 is 1.28 bits per heavy atom. The Kier molecular flexibility index (Phi) is 6.34. The van der Waals surface area contributed by atoms with Crippen LogP contribution in [0.4, 0.5) is 5.82 Å². The molecule has 2 unspecified atom stereocenters. The van der Waals surface area contributed by atoms with E-state index in [9.17, 15) is 24.2 Å². The van der Waals surface area contributed by atoms with E-state index in [1.807, 2.05) is 0 Å². The number of aliphatic hydroxyl groups is 2. The van der Waals surface area contributed by atoms with Crippen molar-refractivity contribution in [1.82, 2.24) is 19.5 Å². The zero-order valence-corrected chi connectivity index (χ0v) is 17.1. The molecule has 2 aromatic rings. The van der Waals surface area contributed by atoms with Crippen LogP contribution < -0.4 is 5.73 Å². The van der Waals surface area contributed by atoms with Gasteiger partial charge in [-0.15, -0.1) is 0 Å². The smallest absolute Gasteiger partial charge is 0.387 e. The molecule has 0 aromatic carbocycles. The number of imidazole rings is 1. The lowest BCUT2D eigenvalue weighted by atomic mass is 10.1. The van der Waals surface area contributed by atoms with Gasteiger partial charge in [-0.3, -0.25) is 9.09 Å². The van der Waals surface area contributed by atoms with Crippen LogP contribution in [0.5, 0.6) is 0 Å². The van der Waals surface area contributed by atoms with Gasteiger partial charge in [0.15, 0.2) is 28.4 Å². The van der Waals surface area contributed by atoms with Crippen molar-refractivity contribution in [3.8, 4) is 0 Å². The summed E-state index contributed by atoms with van der Waals surface area (Å²) in [5, 5.41) is 21.0. The van der Waals surface area contributed by atoms with Gasteiger partial charge in [-0.05, 0) is 6.26 Å². The Labute approximate surface area is 166 Å². The molecule has 162 valence electrons. The van der Waals surface area contributed by atoms with Crippen LogP contribution in [0.15, 0.2) is 11.5 Å². The molecular formula is C11H17N5O10P2S. The summed E-state index contributed by atoms with van der Waals surface area (Å²) < 4.78 is 37.3. The highest BCUT2D eigenvalue weighted by atomic mass is 32.2. The number of hydrogen-bond donors (Lipinski definition) is 6. The Morgan fingerprint density at radius 2 is 1.97 bits per heavy atom. The minimum Gasteiger partial charge on any atom is -0.387 e. The fraction of sp³-hybridized carbons (Fsp3) is 0.545. The van der Waals surface area contributed by atoms with Crippen molar-refractivity contribution in [2.24, 2.45) is 0 Å². The van der Waals surface area contributed by atoms with E-state index in [4.69, 9.17) is 20.3 Å². The quantitative estimate of drug-likeness (QED) is 0.208. The molecule has 7 N–H and O–H groups in total. The molecule has 1 fully saturated rings. The first-order valence-corrected chi connectivity index (χ1v) is 12.0. The Balaban J connectivity index is 1.84. The predicted molar refractivity (Wildman–Crippen MR) is 96.3 cm³/mol. The molecule has 0 amide bonds. The van der Waals surface area contributed by atoms with Crippen LogP contribution in [0.1, 0.15) is 6.23 Å². The van der Waals surface area contributed by atoms with E-state index in [2.05, 4.69) is 23.8 Å². The van der Waals surface area contributed by atoms with Gasteiger partial charge < -0.3 is 35.4 Å². The molecule has 5 atom stereocenters. The number of ether oxygens (including phenoxy) is 1. The average Bonchev–Trinajstić information content (AvgIpc) is 3.10. The van der Waals surface area contributed by atoms with Gasteiger partial charge >= 0.3 is 15.6 Å². The molecule has 0 radical (unpaired) electrons. The van der Waals surface area contributed by atoms with E-state index in [-0.39, 0.29) is 17.0 Å². The molecule has 0 spiro atoms. The number of aliphatic hydroxyl groups excluding tert-OH is 2. The molecule has 15 nitrogen and oxygen atoms in total. The number of anilines is 1. The second-order valence-electron chi connectivity index (χ2n) is 5.78. The fourth-order valence-corrected chi connectivity index (χ4v) is 4.85. The third-order valence-electron chi connectivity index (χ3n) is 3.86. The summed E-state index contributed by atoms with van der Waals surface area (Å²) in [5.41, 5.74) is 6.25. The summed E-state index contributed by atoms with van der Waals surface area (Å²) in [6.07, 6.45) is -2.80. The molecule has 0 aliphatic carbocycles. The third-order valence-corrected chi connectivity index (χ3v) is 6.66. The lowest BCUT2D eigenvalue weighted by Gasteiger charge is -2.19. The highest BCUT2D eigenvalue weighted by Gasteiger charge is 2.46. The Bertz CT molecular complexity index is 1000. The number of hydrogen-bond acceptors (Lipinski definition) is 12. The normalized spacial score (nSPS) is 27.4. The maximum atomic E-state index is 11.6. The van der Waals surface area contributed by atoms with Crippen molar-refractivity contribution >= 4 is 44.4 Å². The maximum Gasteiger partial charge on any atom is 0.481 e. The first-order valence-electron chi connectivity index (χ1n) is 7.71. The molecule has 2 aromatic heterocycles. The van der Waals surface area contributed by atoms with Crippen LogP contribution in [0, 0.1) is 0 Å². The lowest BCUT2D eigenvalue weighted by molar-refractivity contribution is -0.0540.